The summed E-state index contributed by atoms with van der Waals surface area (Å²) in [6.45, 7) is 0. The fraction of sp³-hybridized carbons (Fsp3) is 0.300. The van der Waals surface area contributed by atoms with Crippen LogP contribution in [-0.4, -0.2) is 50.6 Å². The fourth-order valence-electron chi connectivity index (χ4n) is 2.36. The standard InChI is InChI=1S/C10H11IO4.C10H12O4/c1-14-8-3-6(4-10(12)13)7(11)5-9(8)15-2;1-13-8-4-3-7(6-10(11)12)5-9(8)14-2/h3,5H,4H2,1-2H3,(H,12,13);3-5H,6H2,1-2H3,(H,11,12). The molecule has 0 bridgehead atoms. The minimum absolute atomic E-state index is 0.0135. The number of carboxylic acids is 2. The summed E-state index contributed by atoms with van der Waals surface area (Å²) in [5.74, 6) is 0.579. The maximum absolute atomic E-state index is 10.6. The largest absolute Gasteiger partial charge is 0.493 e. The van der Waals surface area contributed by atoms with Gasteiger partial charge in [-0.1, -0.05) is 6.07 Å². The molecule has 0 saturated heterocycles. The summed E-state index contributed by atoms with van der Waals surface area (Å²) in [5, 5.41) is 17.3. The molecule has 2 aromatic rings. The van der Waals surface area contributed by atoms with E-state index in [0.717, 1.165) is 9.13 Å². The second-order valence-corrected chi connectivity index (χ2v) is 6.79. The summed E-state index contributed by atoms with van der Waals surface area (Å²) < 4.78 is 21.1. The number of hydrogen-bond donors (Lipinski definition) is 2. The maximum Gasteiger partial charge on any atom is 0.307 e. The molecule has 0 saturated carbocycles. The summed E-state index contributed by atoms with van der Waals surface area (Å²) in [7, 11) is 6.12. The van der Waals surface area contributed by atoms with Crippen LogP contribution in [0.1, 0.15) is 11.1 Å². The number of benzene rings is 2. The number of ether oxygens (including phenoxy) is 4. The Hall–Kier alpha value is -2.69. The first-order valence-electron chi connectivity index (χ1n) is 8.30. The van der Waals surface area contributed by atoms with Gasteiger partial charge in [-0.25, -0.2) is 0 Å². The first-order chi connectivity index (χ1) is 13.7. The zero-order chi connectivity index (χ0) is 22.0. The molecule has 0 fully saturated rings. The molecule has 0 aliphatic carbocycles. The molecule has 9 heteroatoms. The molecule has 0 amide bonds. The topological polar surface area (TPSA) is 112 Å². The lowest BCUT2D eigenvalue weighted by Gasteiger charge is -2.10. The molecule has 2 N–H and O–H groups in total. The highest BCUT2D eigenvalue weighted by molar-refractivity contribution is 14.1. The number of rotatable bonds is 8. The van der Waals surface area contributed by atoms with E-state index < -0.39 is 11.9 Å². The molecule has 0 radical (unpaired) electrons. The average molecular weight is 518 g/mol. The van der Waals surface area contributed by atoms with E-state index in [1.54, 1.807) is 37.4 Å². The molecular formula is C20H23IO8. The van der Waals surface area contributed by atoms with E-state index in [-0.39, 0.29) is 12.8 Å². The predicted octanol–water partition coefficient (Wildman–Crippen LogP) is 3.27. The Morgan fingerprint density at radius 2 is 1.24 bits per heavy atom. The smallest absolute Gasteiger partial charge is 0.307 e. The Labute approximate surface area is 182 Å². The molecule has 29 heavy (non-hydrogen) atoms. The van der Waals surface area contributed by atoms with Crippen LogP contribution in [0, 0.1) is 3.57 Å². The van der Waals surface area contributed by atoms with Gasteiger partial charge in [0.05, 0.1) is 41.3 Å². The van der Waals surface area contributed by atoms with E-state index in [1.165, 1.54) is 21.3 Å². The lowest BCUT2D eigenvalue weighted by Crippen LogP contribution is -2.03. The zero-order valence-corrected chi connectivity index (χ0v) is 18.7. The summed E-state index contributed by atoms with van der Waals surface area (Å²) >= 11 is 2.08. The van der Waals surface area contributed by atoms with E-state index >= 15 is 0 Å². The van der Waals surface area contributed by atoms with Gasteiger partial charge < -0.3 is 29.2 Å². The summed E-state index contributed by atoms with van der Waals surface area (Å²) in [6.07, 6.45) is -0.0288. The first-order valence-corrected chi connectivity index (χ1v) is 9.38. The molecule has 0 spiro atoms. The second-order valence-electron chi connectivity index (χ2n) is 5.63. The zero-order valence-electron chi connectivity index (χ0n) is 16.5. The fourth-order valence-corrected chi connectivity index (χ4v) is 2.99. The highest BCUT2D eigenvalue weighted by Gasteiger charge is 2.11. The summed E-state index contributed by atoms with van der Waals surface area (Å²) in [6, 6.07) is 8.51. The van der Waals surface area contributed by atoms with Gasteiger partial charge in [-0.05, 0) is 58.0 Å². The van der Waals surface area contributed by atoms with Gasteiger partial charge in [0.15, 0.2) is 23.0 Å². The Morgan fingerprint density at radius 3 is 1.72 bits per heavy atom. The molecule has 0 aromatic heterocycles. The highest BCUT2D eigenvalue weighted by atomic mass is 127. The number of aliphatic carboxylic acids is 2. The predicted molar refractivity (Wildman–Crippen MR) is 114 cm³/mol. The third-order valence-corrected chi connectivity index (χ3v) is 4.70. The van der Waals surface area contributed by atoms with Gasteiger partial charge >= 0.3 is 11.9 Å². The Balaban J connectivity index is 0.000000291. The minimum atomic E-state index is -0.864. The van der Waals surface area contributed by atoms with E-state index in [2.05, 4.69) is 22.6 Å². The van der Waals surface area contributed by atoms with Gasteiger partial charge in [-0.3, -0.25) is 9.59 Å². The SMILES string of the molecule is COc1cc(I)c(CC(=O)O)cc1OC.COc1ccc(CC(=O)O)cc1OC. The Kier molecular flexibility index (Phi) is 10.1. The van der Waals surface area contributed by atoms with E-state index in [4.69, 9.17) is 29.2 Å². The van der Waals surface area contributed by atoms with Crippen molar-refractivity contribution in [2.24, 2.45) is 0 Å². The minimum Gasteiger partial charge on any atom is -0.493 e. The lowest BCUT2D eigenvalue weighted by atomic mass is 10.1. The van der Waals surface area contributed by atoms with Crippen molar-refractivity contribution in [2.45, 2.75) is 12.8 Å². The van der Waals surface area contributed by atoms with Gasteiger partial charge in [-0.2, -0.15) is 0 Å². The Morgan fingerprint density at radius 1 is 0.759 bits per heavy atom. The molecule has 0 aliphatic heterocycles. The summed E-state index contributed by atoms with van der Waals surface area (Å²) in [5.41, 5.74) is 1.41. The van der Waals surface area contributed by atoms with Crippen molar-refractivity contribution in [3.8, 4) is 23.0 Å². The van der Waals surface area contributed by atoms with E-state index in [0.29, 0.717) is 28.6 Å². The van der Waals surface area contributed by atoms with Crippen LogP contribution in [0.3, 0.4) is 0 Å². The lowest BCUT2D eigenvalue weighted by molar-refractivity contribution is -0.137. The van der Waals surface area contributed by atoms with Crippen molar-refractivity contribution in [2.75, 3.05) is 28.4 Å². The van der Waals surface area contributed by atoms with Crippen LogP contribution in [0.5, 0.6) is 23.0 Å². The second kappa shape index (κ2) is 12.0. The van der Waals surface area contributed by atoms with Crippen molar-refractivity contribution < 1.29 is 38.7 Å². The molecule has 8 nitrogen and oxygen atoms in total. The molecule has 0 aliphatic rings. The van der Waals surface area contributed by atoms with Crippen LogP contribution in [-0.2, 0) is 22.4 Å². The normalized spacial score (nSPS) is 9.69. The van der Waals surface area contributed by atoms with Crippen LogP contribution in [0.2, 0.25) is 0 Å². The van der Waals surface area contributed by atoms with Crippen molar-refractivity contribution in [1.29, 1.82) is 0 Å². The van der Waals surface area contributed by atoms with Crippen LogP contribution >= 0.6 is 22.6 Å². The Bertz CT molecular complexity index is 851. The van der Waals surface area contributed by atoms with Crippen LogP contribution in [0.25, 0.3) is 0 Å². The molecule has 0 atom stereocenters. The van der Waals surface area contributed by atoms with Gasteiger partial charge in [-0.15, -0.1) is 0 Å². The van der Waals surface area contributed by atoms with Gasteiger partial charge in [0.25, 0.3) is 0 Å². The molecule has 0 heterocycles. The van der Waals surface area contributed by atoms with E-state index in [1.807, 2.05) is 0 Å². The maximum atomic E-state index is 10.6. The highest BCUT2D eigenvalue weighted by Crippen LogP contribution is 2.31. The van der Waals surface area contributed by atoms with Crippen molar-refractivity contribution in [1.82, 2.24) is 0 Å². The molecule has 2 aromatic carbocycles. The van der Waals surface area contributed by atoms with E-state index in [9.17, 15) is 9.59 Å². The molecule has 2 rings (SSSR count). The number of carbonyl (C=O) groups is 2. The monoisotopic (exact) mass is 518 g/mol. The van der Waals surface area contributed by atoms with Crippen molar-refractivity contribution >= 4 is 34.5 Å². The van der Waals surface area contributed by atoms with Gasteiger partial charge in [0.1, 0.15) is 0 Å². The van der Waals surface area contributed by atoms with Crippen molar-refractivity contribution in [3.05, 3.63) is 45.0 Å². The number of halogens is 1. The van der Waals surface area contributed by atoms with Gasteiger partial charge in [0, 0.05) is 3.57 Å². The van der Waals surface area contributed by atoms with Crippen molar-refractivity contribution in [3.63, 3.8) is 0 Å². The molecular weight excluding hydrogens is 495 g/mol. The van der Waals surface area contributed by atoms with Crippen LogP contribution in [0.15, 0.2) is 30.3 Å². The number of carboxylic acid groups (broad SMARTS) is 2. The number of hydrogen-bond acceptors (Lipinski definition) is 6. The van der Waals surface area contributed by atoms with Crippen LogP contribution < -0.4 is 18.9 Å². The first kappa shape index (κ1) is 24.3. The quantitative estimate of drug-likeness (QED) is 0.513. The molecule has 0 unspecified atom stereocenters. The van der Waals surface area contributed by atoms with Crippen LogP contribution in [0.4, 0.5) is 0 Å². The third-order valence-electron chi connectivity index (χ3n) is 3.70. The molecule has 158 valence electrons. The average Bonchev–Trinajstić information content (AvgIpc) is 2.68. The number of methoxy groups -OCH3 is 4. The summed E-state index contributed by atoms with van der Waals surface area (Å²) in [4.78, 5) is 21.1. The third kappa shape index (κ3) is 7.68. The van der Waals surface area contributed by atoms with Gasteiger partial charge in [0.2, 0.25) is 0 Å².